The third-order valence-corrected chi connectivity index (χ3v) is 5.84. The lowest BCUT2D eigenvalue weighted by Gasteiger charge is -2.24. The summed E-state index contributed by atoms with van der Waals surface area (Å²) in [4.78, 5) is 14.3. The summed E-state index contributed by atoms with van der Waals surface area (Å²) in [5.74, 6) is 1.04. The van der Waals surface area contributed by atoms with E-state index in [-0.39, 0.29) is 29.5 Å². The molecule has 116 valence electrons. The van der Waals surface area contributed by atoms with Gasteiger partial charge in [0.05, 0.1) is 12.0 Å². The number of carbonyl (C=O) groups is 1. The zero-order valence-corrected chi connectivity index (χ0v) is 12.8. The van der Waals surface area contributed by atoms with Crippen molar-refractivity contribution in [3.63, 3.8) is 0 Å². The summed E-state index contributed by atoms with van der Waals surface area (Å²) in [6.07, 6.45) is 4.04. The van der Waals surface area contributed by atoms with Gasteiger partial charge in [-0.2, -0.15) is 0 Å². The lowest BCUT2D eigenvalue weighted by atomic mass is 10.2. The number of carbonyl (C=O) groups excluding carboxylic acids is 1. The van der Waals surface area contributed by atoms with Crippen LogP contribution in [0.3, 0.4) is 0 Å². The number of sulfonamides is 1. The molecular formula is C14H20N2O4S. The fraction of sp³-hybridized carbons (Fsp3) is 0.643. The summed E-state index contributed by atoms with van der Waals surface area (Å²) in [6, 6.07) is 3.52. The number of nitrogens with one attached hydrogen (secondary N) is 1. The SMILES string of the molecule is CNS(=O)(=O)C[C@@H]1CCCN1C(=O)[C@@H]1C[C@@H]1c1ccco1. The van der Waals surface area contributed by atoms with Gasteiger partial charge in [0.1, 0.15) is 5.76 Å². The molecule has 1 aromatic heterocycles. The Labute approximate surface area is 124 Å². The van der Waals surface area contributed by atoms with Crippen molar-refractivity contribution in [1.82, 2.24) is 9.62 Å². The van der Waals surface area contributed by atoms with Gasteiger partial charge in [0.2, 0.25) is 15.9 Å². The fourth-order valence-electron chi connectivity index (χ4n) is 3.13. The van der Waals surface area contributed by atoms with Crippen LogP contribution in [0.1, 0.15) is 30.9 Å². The van der Waals surface area contributed by atoms with E-state index in [9.17, 15) is 13.2 Å². The second kappa shape index (κ2) is 5.46. The standard InChI is InChI=1S/C14H20N2O4S/c1-15-21(18,19)9-10-4-2-6-16(10)14(17)12-8-11(12)13-5-3-7-20-13/h3,5,7,10-12,15H,2,4,6,8-9H2,1H3/t10-,11-,12+/m0/s1. The Balaban J connectivity index is 1.65. The van der Waals surface area contributed by atoms with E-state index in [1.165, 1.54) is 7.05 Å². The minimum absolute atomic E-state index is 0.00657. The number of furan rings is 1. The lowest BCUT2D eigenvalue weighted by molar-refractivity contribution is -0.133. The maximum Gasteiger partial charge on any atom is 0.226 e. The minimum Gasteiger partial charge on any atom is -0.469 e. The summed E-state index contributed by atoms with van der Waals surface area (Å²) >= 11 is 0. The molecule has 2 fully saturated rings. The van der Waals surface area contributed by atoms with Gasteiger partial charge in [-0.15, -0.1) is 0 Å². The van der Waals surface area contributed by atoms with Crippen LogP contribution in [-0.2, 0) is 14.8 Å². The number of likely N-dealkylation sites (tertiary alicyclic amines) is 1. The van der Waals surface area contributed by atoms with E-state index in [2.05, 4.69) is 4.72 Å². The number of hydrogen-bond acceptors (Lipinski definition) is 4. The highest BCUT2D eigenvalue weighted by molar-refractivity contribution is 7.89. The number of nitrogens with zero attached hydrogens (tertiary/aromatic N) is 1. The average molecular weight is 312 g/mol. The zero-order valence-electron chi connectivity index (χ0n) is 12.0. The highest BCUT2D eigenvalue weighted by Crippen LogP contribution is 2.49. The van der Waals surface area contributed by atoms with Gasteiger partial charge in [-0.25, -0.2) is 13.1 Å². The minimum atomic E-state index is -3.29. The van der Waals surface area contributed by atoms with E-state index in [1.807, 2.05) is 12.1 Å². The Morgan fingerprint density at radius 2 is 2.33 bits per heavy atom. The van der Waals surface area contributed by atoms with Crippen LogP contribution < -0.4 is 4.72 Å². The molecule has 0 unspecified atom stereocenters. The molecule has 1 aliphatic carbocycles. The summed E-state index contributed by atoms with van der Waals surface area (Å²) in [6.45, 7) is 0.657. The van der Waals surface area contributed by atoms with Gasteiger partial charge < -0.3 is 9.32 Å². The molecule has 6 nitrogen and oxygen atoms in total. The molecule has 1 amide bonds. The van der Waals surface area contributed by atoms with E-state index < -0.39 is 10.0 Å². The molecule has 7 heteroatoms. The Hall–Kier alpha value is -1.34. The fourth-order valence-corrected chi connectivity index (χ4v) is 4.15. The first-order chi connectivity index (χ1) is 10.0. The molecule has 1 N–H and O–H groups in total. The van der Waals surface area contributed by atoms with Crippen molar-refractivity contribution in [3.8, 4) is 0 Å². The molecule has 3 atom stereocenters. The Bertz CT molecular complexity index is 611. The van der Waals surface area contributed by atoms with Gasteiger partial charge in [0, 0.05) is 24.4 Å². The van der Waals surface area contributed by atoms with Crippen molar-refractivity contribution in [1.29, 1.82) is 0 Å². The summed E-state index contributed by atoms with van der Waals surface area (Å²) < 4.78 is 31.1. The Morgan fingerprint density at radius 1 is 1.52 bits per heavy atom. The number of rotatable bonds is 5. The van der Waals surface area contributed by atoms with E-state index >= 15 is 0 Å². The van der Waals surface area contributed by atoms with Crippen LogP contribution >= 0.6 is 0 Å². The lowest BCUT2D eigenvalue weighted by Crippen LogP contribution is -2.42. The first-order valence-corrected chi connectivity index (χ1v) is 8.92. The van der Waals surface area contributed by atoms with Gasteiger partial charge in [0.25, 0.3) is 0 Å². The Morgan fingerprint density at radius 3 is 3.00 bits per heavy atom. The van der Waals surface area contributed by atoms with Gasteiger partial charge in [-0.3, -0.25) is 4.79 Å². The van der Waals surface area contributed by atoms with Crippen LogP contribution in [0.5, 0.6) is 0 Å². The van der Waals surface area contributed by atoms with Gasteiger partial charge in [-0.1, -0.05) is 0 Å². The van der Waals surface area contributed by atoms with E-state index in [4.69, 9.17) is 4.42 Å². The van der Waals surface area contributed by atoms with E-state index in [0.717, 1.165) is 25.0 Å². The van der Waals surface area contributed by atoms with Crippen LogP contribution in [0.25, 0.3) is 0 Å². The zero-order chi connectivity index (χ0) is 15.0. The van der Waals surface area contributed by atoms with Crippen LogP contribution in [0.4, 0.5) is 0 Å². The summed E-state index contributed by atoms with van der Waals surface area (Å²) in [5.41, 5.74) is 0. The highest BCUT2D eigenvalue weighted by atomic mass is 32.2. The first kappa shape index (κ1) is 14.6. The van der Waals surface area contributed by atoms with E-state index in [0.29, 0.717) is 6.54 Å². The molecule has 0 spiro atoms. The Kier molecular flexibility index (Phi) is 3.79. The maximum absolute atomic E-state index is 12.6. The molecule has 3 rings (SSSR count). The summed E-state index contributed by atoms with van der Waals surface area (Å²) in [5, 5.41) is 0. The van der Waals surface area contributed by atoms with Crippen molar-refractivity contribution in [3.05, 3.63) is 24.2 Å². The molecule has 1 saturated heterocycles. The van der Waals surface area contributed by atoms with Crippen molar-refractivity contribution >= 4 is 15.9 Å². The number of amides is 1. The van der Waals surface area contributed by atoms with Gasteiger partial charge in [-0.05, 0) is 38.4 Å². The normalized spacial score (nSPS) is 28.8. The van der Waals surface area contributed by atoms with Crippen molar-refractivity contribution in [2.45, 2.75) is 31.2 Å². The van der Waals surface area contributed by atoms with Crippen molar-refractivity contribution in [2.24, 2.45) is 5.92 Å². The molecule has 0 aromatic carbocycles. The van der Waals surface area contributed by atoms with Crippen LogP contribution in [0.15, 0.2) is 22.8 Å². The van der Waals surface area contributed by atoms with Crippen LogP contribution in [0.2, 0.25) is 0 Å². The monoisotopic (exact) mass is 312 g/mol. The molecule has 1 aromatic rings. The topological polar surface area (TPSA) is 79.6 Å². The molecule has 0 bridgehead atoms. The largest absolute Gasteiger partial charge is 0.469 e. The summed E-state index contributed by atoms with van der Waals surface area (Å²) in [7, 11) is -1.89. The maximum atomic E-state index is 12.6. The second-order valence-corrected chi connectivity index (χ2v) is 7.75. The molecular weight excluding hydrogens is 292 g/mol. The molecule has 1 saturated carbocycles. The van der Waals surface area contributed by atoms with Crippen LogP contribution in [-0.4, -0.2) is 44.6 Å². The molecule has 21 heavy (non-hydrogen) atoms. The predicted octanol–water partition coefficient (Wildman–Crippen LogP) is 0.923. The second-order valence-electron chi connectivity index (χ2n) is 5.78. The third kappa shape index (κ3) is 2.98. The predicted molar refractivity (Wildman–Crippen MR) is 77.1 cm³/mol. The third-order valence-electron chi connectivity index (χ3n) is 4.40. The van der Waals surface area contributed by atoms with Crippen molar-refractivity contribution < 1.29 is 17.6 Å². The highest BCUT2D eigenvalue weighted by Gasteiger charge is 2.49. The quantitative estimate of drug-likeness (QED) is 0.877. The van der Waals surface area contributed by atoms with Gasteiger partial charge in [0.15, 0.2) is 0 Å². The average Bonchev–Trinajstić information content (AvgIpc) is 2.88. The van der Waals surface area contributed by atoms with E-state index in [1.54, 1.807) is 11.2 Å². The van der Waals surface area contributed by atoms with Gasteiger partial charge >= 0.3 is 0 Å². The van der Waals surface area contributed by atoms with Crippen molar-refractivity contribution in [2.75, 3.05) is 19.3 Å². The smallest absolute Gasteiger partial charge is 0.226 e. The number of hydrogen-bond donors (Lipinski definition) is 1. The van der Waals surface area contributed by atoms with Crippen LogP contribution in [0, 0.1) is 5.92 Å². The molecule has 2 aliphatic rings. The molecule has 2 heterocycles. The molecule has 1 aliphatic heterocycles. The first-order valence-electron chi connectivity index (χ1n) is 7.27. The molecule has 0 radical (unpaired) electrons.